The largest absolute Gasteiger partial charge is 0.377 e. The second kappa shape index (κ2) is 5.27. The maximum Gasteiger partial charge on any atom is 0.141 e. The maximum atomic E-state index is 12.7. The zero-order valence-corrected chi connectivity index (χ0v) is 10.9. The van der Waals surface area contributed by atoms with Gasteiger partial charge in [-0.15, -0.1) is 0 Å². The number of hydrogen-bond acceptors (Lipinski definition) is 2. The van der Waals surface area contributed by atoms with Crippen molar-refractivity contribution in [2.45, 2.75) is 13.0 Å². The molecule has 17 heavy (non-hydrogen) atoms. The zero-order chi connectivity index (χ0) is 12.3. The highest BCUT2D eigenvalue weighted by Crippen LogP contribution is 2.19. The molecular weight excluding hydrogens is 283 g/mol. The van der Waals surface area contributed by atoms with Crippen molar-refractivity contribution in [1.82, 2.24) is 4.98 Å². The first kappa shape index (κ1) is 12.0. The number of rotatable bonds is 3. The zero-order valence-electron chi connectivity index (χ0n) is 9.32. The molecule has 0 spiro atoms. The van der Waals surface area contributed by atoms with Crippen LogP contribution in [0, 0.1) is 5.82 Å². The molecule has 0 aliphatic heterocycles. The normalized spacial score (nSPS) is 12.2. The summed E-state index contributed by atoms with van der Waals surface area (Å²) in [4.78, 5) is 4.05. The molecule has 1 aromatic heterocycles. The average molecular weight is 295 g/mol. The second-order valence-corrected chi connectivity index (χ2v) is 4.69. The van der Waals surface area contributed by atoms with Gasteiger partial charge in [-0.2, -0.15) is 0 Å². The van der Waals surface area contributed by atoms with Crippen LogP contribution in [0.5, 0.6) is 0 Å². The summed E-state index contributed by atoms with van der Waals surface area (Å²) in [6, 6.07) is 11.0. The Hall–Kier alpha value is -1.42. The van der Waals surface area contributed by atoms with Gasteiger partial charge < -0.3 is 5.32 Å². The van der Waals surface area contributed by atoms with E-state index in [0.717, 1.165) is 15.9 Å². The summed E-state index contributed by atoms with van der Waals surface area (Å²) in [6.07, 6.45) is 1.23. The molecule has 2 rings (SSSR count). The highest BCUT2D eigenvalue weighted by Gasteiger charge is 2.06. The molecule has 1 N–H and O–H groups in total. The molecule has 0 amide bonds. The first-order valence-electron chi connectivity index (χ1n) is 5.29. The Balaban J connectivity index is 2.08. The topological polar surface area (TPSA) is 24.9 Å². The number of benzene rings is 1. The lowest BCUT2D eigenvalue weighted by Gasteiger charge is -2.14. The molecule has 1 atom stereocenters. The SMILES string of the molecule is CC(Nc1ccc(Br)cc1)c1ccc(F)cn1. The molecule has 1 unspecified atom stereocenters. The van der Waals surface area contributed by atoms with Gasteiger partial charge in [-0.3, -0.25) is 4.98 Å². The van der Waals surface area contributed by atoms with Crippen LogP contribution in [-0.2, 0) is 0 Å². The fraction of sp³-hybridized carbons (Fsp3) is 0.154. The fourth-order valence-corrected chi connectivity index (χ4v) is 1.78. The Morgan fingerprint density at radius 2 is 1.88 bits per heavy atom. The van der Waals surface area contributed by atoms with Crippen LogP contribution in [0.2, 0.25) is 0 Å². The van der Waals surface area contributed by atoms with Gasteiger partial charge in [-0.1, -0.05) is 15.9 Å². The standard InChI is InChI=1S/C13H12BrFN2/c1-9(13-7-4-11(15)8-16-13)17-12-5-2-10(14)3-6-12/h2-9,17H,1H3. The number of aromatic nitrogens is 1. The summed E-state index contributed by atoms with van der Waals surface area (Å²) in [5.74, 6) is -0.315. The van der Waals surface area contributed by atoms with Crippen LogP contribution >= 0.6 is 15.9 Å². The van der Waals surface area contributed by atoms with Crippen molar-refractivity contribution in [2.75, 3.05) is 5.32 Å². The minimum atomic E-state index is -0.315. The molecule has 0 fully saturated rings. The lowest BCUT2D eigenvalue weighted by atomic mass is 10.2. The smallest absolute Gasteiger partial charge is 0.141 e. The van der Waals surface area contributed by atoms with Gasteiger partial charge in [0, 0.05) is 10.2 Å². The van der Waals surface area contributed by atoms with Crippen LogP contribution < -0.4 is 5.32 Å². The van der Waals surface area contributed by atoms with E-state index in [-0.39, 0.29) is 11.9 Å². The monoisotopic (exact) mass is 294 g/mol. The molecule has 88 valence electrons. The Kier molecular flexibility index (Phi) is 3.74. The van der Waals surface area contributed by atoms with Crippen molar-refractivity contribution in [2.24, 2.45) is 0 Å². The van der Waals surface area contributed by atoms with Crippen molar-refractivity contribution in [3.8, 4) is 0 Å². The molecule has 0 aliphatic carbocycles. The Morgan fingerprint density at radius 1 is 1.18 bits per heavy atom. The third-order valence-corrected chi connectivity index (χ3v) is 2.95. The summed E-state index contributed by atoms with van der Waals surface area (Å²) in [5.41, 5.74) is 1.82. The van der Waals surface area contributed by atoms with E-state index < -0.39 is 0 Å². The molecular formula is C13H12BrFN2. The first-order chi connectivity index (χ1) is 8.15. The predicted octanol–water partition coefficient (Wildman–Crippen LogP) is 4.16. The summed E-state index contributed by atoms with van der Waals surface area (Å²) in [7, 11) is 0. The van der Waals surface area contributed by atoms with E-state index in [2.05, 4.69) is 26.2 Å². The van der Waals surface area contributed by atoms with Crippen LogP contribution in [0.1, 0.15) is 18.7 Å². The molecule has 0 aliphatic rings. The Bertz CT molecular complexity index is 482. The van der Waals surface area contributed by atoms with Gasteiger partial charge in [-0.05, 0) is 43.3 Å². The van der Waals surface area contributed by atoms with E-state index in [1.165, 1.54) is 12.3 Å². The molecule has 0 saturated carbocycles. The summed E-state index contributed by atoms with van der Waals surface area (Å²) in [5, 5.41) is 3.30. The molecule has 2 aromatic rings. The van der Waals surface area contributed by atoms with E-state index in [9.17, 15) is 4.39 Å². The van der Waals surface area contributed by atoms with Gasteiger partial charge in [-0.25, -0.2) is 4.39 Å². The van der Waals surface area contributed by atoms with E-state index in [0.29, 0.717) is 0 Å². The van der Waals surface area contributed by atoms with Gasteiger partial charge in [0.25, 0.3) is 0 Å². The summed E-state index contributed by atoms with van der Waals surface area (Å²) < 4.78 is 13.8. The number of hydrogen-bond donors (Lipinski definition) is 1. The van der Waals surface area contributed by atoms with E-state index in [1.54, 1.807) is 6.07 Å². The second-order valence-electron chi connectivity index (χ2n) is 3.77. The number of anilines is 1. The Morgan fingerprint density at radius 3 is 2.47 bits per heavy atom. The number of nitrogens with zero attached hydrogens (tertiary/aromatic N) is 1. The highest BCUT2D eigenvalue weighted by molar-refractivity contribution is 9.10. The molecule has 1 heterocycles. The fourth-order valence-electron chi connectivity index (χ4n) is 1.51. The van der Waals surface area contributed by atoms with Gasteiger partial charge in [0.05, 0.1) is 17.9 Å². The molecule has 1 aromatic carbocycles. The van der Waals surface area contributed by atoms with Crippen LogP contribution in [0.3, 0.4) is 0 Å². The van der Waals surface area contributed by atoms with Gasteiger partial charge >= 0.3 is 0 Å². The first-order valence-corrected chi connectivity index (χ1v) is 6.08. The molecule has 0 bridgehead atoms. The third-order valence-electron chi connectivity index (χ3n) is 2.42. The number of halogens is 2. The van der Waals surface area contributed by atoms with E-state index in [1.807, 2.05) is 31.2 Å². The lowest BCUT2D eigenvalue weighted by molar-refractivity contribution is 0.617. The molecule has 0 saturated heterocycles. The van der Waals surface area contributed by atoms with Crippen LogP contribution in [0.15, 0.2) is 47.1 Å². The minimum absolute atomic E-state index is 0.0387. The quantitative estimate of drug-likeness (QED) is 0.919. The van der Waals surface area contributed by atoms with Gasteiger partial charge in [0.1, 0.15) is 5.82 Å². The minimum Gasteiger partial charge on any atom is -0.377 e. The lowest BCUT2D eigenvalue weighted by Crippen LogP contribution is -2.08. The maximum absolute atomic E-state index is 12.7. The highest BCUT2D eigenvalue weighted by atomic mass is 79.9. The van der Waals surface area contributed by atoms with Crippen molar-refractivity contribution in [1.29, 1.82) is 0 Å². The van der Waals surface area contributed by atoms with Crippen molar-refractivity contribution < 1.29 is 4.39 Å². The van der Waals surface area contributed by atoms with Crippen molar-refractivity contribution in [3.05, 3.63) is 58.6 Å². The van der Waals surface area contributed by atoms with Crippen LogP contribution in [0.4, 0.5) is 10.1 Å². The van der Waals surface area contributed by atoms with Gasteiger partial charge in [0.15, 0.2) is 0 Å². The summed E-state index contributed by atoms with van der Waals surface area (Å²) >= 11 is 3.38. The molecule has 4 heteroatoms. The summed E-state index contributed by atoms with van der Waals surface area (Å²) in [6.45, 7) is 1.99. The van der Waals surface area contributed by atoms with Crippen molar-refractivity contribution in [3.63, 3.8) is 0 Å². The third kappa shape index (κ3) is 3.27. The molecule has 0 radical (unpaired) electrons. The van der Waals surface area contributed by atoms with E-state index in [4.69, 9.17) is 0 Å². The van der Waals surface area contributed by atoms with E-state index >= 15 is 0 Å². The van der Waals surface area contributed by atoms with Crippen molar-refractivity contribution >= 4 is 21.6 Å². The average Bonchev–Trinajstić information content (AvgIpc) is 2.33. The predicted molar refractivity (Wildman–Crippen MR) is 70.4 cm³/mol. The number of pyridine rings is 1. The molecule has 2 nitrogen and oxygen atoms in total. The van der Waals surface area contributed by atoms with Crippen LogP contribution in [-0.4, -0.2) is 4.98 Å². The number of nitrogens with one attached hydrogen (secondary N) is 1. The Labute approximate surface area is 108 Å². The van der Waals surface area contributed by atoms with Crippen LogP contribution in [0.25, 0.3) is 0 Å². The van der Waals surface area contributed by atoms with Gasteiger partial charge in [0.2, 0.25) is 0 Å².